The lowest BCUT2D eigenvalue weighted by Gasteiger charge is -2.26. The van der Waals surface area contributed by atoms with Gasteiger partial charge in [-0.15, -0.1) is 0 Å². The fourth-order valence-corrected chi connectivity index (χ4v) is 2.69. The normalized spacial score (nSPS) is 19.6. The molecule has 0 radical (unpaired) electrons. The molecule has 0 bridgehead atoms. The van der Waals surface area contributed by atoms with Crippen LogP contribution in [-0.4, -0.2) is 35.6 Å². The van der Waals surface area contributed by atoms with E-state index < -0.39 is 0 Å². The van der Waals surface area contributed by atoms with Gasteiger partial charge in [0.2, 0.25) is 0 Å². The molecule has 1 N–H and O–H groups in total. The van der Waals surface area contributed by atoms with Crippen molar-refractivity contribution in [2.75, 3.05) is 25.0 Å². The van der Waals surface area contributed by atoms with E-state index in [9.17, 15) is 0 Å². The first-order valence-corrected chi connectivity index (χ1v) is 7.03. The number of anilines is 1. The standard InChI is InChI=1S/C15H22N4/c1-12(2)11-19-8-4-6-14(19)10-18-15-13(9-16)5-3-7-17-15/h3,5,7,12,14H,4,6,8,10-11H2,1-2H3,(H,17,18)/t14-/m1/s1. The Bertz CT molecular complexity index is 450. The largest absolute Gasteiger partial charge is 0.367 e. The number of nitrogens with one attached hydrogen (secondary N) is 1. The van der Waals surface area contributed by atoms with Crippen molar-refractivity contribution < 1.29 is 0 Å². The number of hydrogen-bond donors (Lipinski definition) is 1. The number of pyridine rings is 1. The number of likely N-dealkylation sites (tertiary alicyclic amines) is 1. The molecule has 19 heavy (non-hydrogen) atoms. The van der Waals surface area contributed by atoms with Crippen molar-refractivity contribution in [1.82, 2.24) is 9.88 Å². The second-order valence-electron chi connectivity index (χ2n) is 5.58. The first-order chi connectivity index (χ1) is 9.20. The van der Waals surface area contributed by atoms with E-state index in [4.69, 9.17) is 5.26 Å². The highest BCUT2D eigenvalue weighted by atomic mass is 15.2. The molecule has 1 aromatic heterocycles. The highest BCUT2D eigenvalue weighted by Crippen LogP contribution is 2.19. The van der Waals surface area contributed by atoms with Crippen molar-refractivity contribution in [3.63, 3.8) is 0 Å². The lowest BCUT2D eigenvalue weighted by molar-refractivity contribution is 0.234. The molecule has 102 valence electrons. The topological polar surface area (TPSA) is 52.0 Å². The van der Waals surface area contributed by atoms with Crippen LogP contribution >= 0.6 is 0 Å². The van der Waals surface area contributed by atoms with E-state index >= 15 is 0 Å². The zero-order chi connectivity index (χ0) is 13.7. The summed E-state index contributed by atoms with van der Waals surface area (Å²) in [4.78, 5) is 6.79. The third-order valence-corrected chi connectivity index (χ3v) is 3.53. The molecule has 0 aromatic carbocycles. The van der Waals surface area contributed by atoms with E-state index in [1.807, 2.05) is 0 Å². The molecule has 0 aliphatic carbocycles. The van der Waals surface area contributed by atoms with Gasteiger partial charge in [-0.3, -0.25) is 4.90 Å². The molecule has 1 aromatic rings. The van der Waals surface area contributed by atoms with Crippen LogP contribution < -0.4 is 5.32 Å². The Morgan fingerprint density at radius 2 is 2.42 bits per heavy atom. The smallest absolute Gasteiger partial charge is 0.143 e. The quantitative estimate of drug-likeness (QED) is 0.881. The summed E-state index contributed by atoms with van der Waals surface area (Å²) in [7, 11) is 0. The minimum Gasteiger partial charge on any atom is -0.367 e. The molecule has 0 saturated carbocycles. The lowest BCUT2D eigenvalue weighted by Crippen LogP contribution is -2.37. The molecule has 2 heterocycles. The maximum absolute atomic E-state index is 9.04. The van der Waals surface area contributed by atoms with Crippen LogP contribution in [0, 0.1) is 17.2 Å². The third kappa shape index (κ3) is 3.68. The van der Waals surface area contributed by atoms with Gasteiger partial charge in [0.25, 0.3) is 0 Å². The molecule has 2 rings (SSSR count). The maximum Gasteiger partial charge on any atom is 0.143 e. The van der Waals surface area contributed by atoms with Gasteiger partial charge in [-0.25, -0.2) is 4.98 Å². The van der Waals surface area contributed by atoms with E-state index in [0.717, 1.165) is 13.1 Å². The van der Waals surface area contributed by atoms with Crippen LogP contribution in [0.5, 0.6) is 0 Å². The van der Waals surface area contributed by atoms with Crippen LogP contribution in [0.1, 0.15) is 32.3 Å². The monoisotopic (exact) mass is 258 g/mol. The van der Waals surface area contributed by atoms with Gasteiger partial charge in [0.15, 0.2) is 0 Å². The molecule has 0 unspecified atom stereocenters. The number of rotatable bonds is 5. The van der Waals surface area contributed by atoms with Gasteiger partial charge >= 0.3 is 0 Å². The minimum absolute atomic E-state index is 0.566. The summed E-state index contributed by atoms with van der Waals surface area (Å²) in [6, 6.07) is 6.34. The molecule has 1 aliphatic heterocycles. The van der Waals surface area contributed by atoms with Crippen molar-refractivity contribution in [3.05, 3.63) is 23.9 Å². The van der Waals surface area contributed by atoms with Crippen LogP contribution in [0.25, 0.3) is 0 Å². The van der Waals surface area contributed by atoms with Gasteiger partial charge in [-0.05, 0) is 37.4 Å². The molecular formula is C15H22N4. The van der Waals surface area contributed by atoms with Crippen LogP contribution in [-0.2, 0) is 0 Å². The van der Waals surface area contributed by atoms with Crippen LogP contribution in [0.15, 0.2) is 18.3 Å². The Morgan fingerprint density at radius 3 is 3.16 bits per heavy atom. The van der Waals surface area contributed by atoms with Gasteiger partial charge < -0.3 is 5.32 Å². The average Bonchev–Trinajstić information content (AvgIpc) is 2.83. The van der Waals surface area contributed by atoms with E-state index in [1.165, 1.54) is 19.4 Å². The summed E-state index contributed by atoms with van der Waals surface area (Å²) in [5, 5.41) is 12.4. The van der Waals surface area contributed by atoms with Crippen LogP contribution in [0.4, 0.5) is 5.82 Å². The van der Waals surface area contributed by atoms with Crippen LogP contribution in [0.3, 0.4) is 0 Å². The molecule has 1 saturated heterocycles. The molecule has 0 amide bonds. The van der Waals surface area contributed by atoms with E-state index in [1.54, 1.807) is 18.3 Å². The lowest BCUT2D eigenvalue weighted by atomic mass is 10.1. The molecule has 1 atom stereocenters. The van der Waals surface area contributed by atoms with E-state index in [2.05, 4.69) is 35.1 Å². The summed E-state index contributed by atoms with van der Waals surface area (Å²) in [6.07, 6.45) is 4.23. The second kappa shape index (κ2) is 6.53. The van der Waals surface area contributed by atoms with Gasteiger partial charge in [0.05, 0.1) is 5.56 Å². The van der Waals surface area contributed by atoms with Crippen molar-refractivity contribution in [3.8, 4) is 6.07 Å². The summed E-state index contributed by atoms with van der Waals surface area (Å²) in [5.41, 5.74) is 0.621. The maximum atomic E-state index is 9.04. The summed E-state index contributed by atoms with van der Waals surface area (Å²) in [5.74, 6) is 1.41. The van der Waals surface area contributed by atoms with Crippen molar-refractivity contribution in [2.24, 2.45) is 5.92 Å². The Hall–Kier alpha value is -1.60. The Morgan fingerprint density at radius 1 is 1.58 bits per heavy atom. The Kier molecular flexibility index (Phi) is 4.75. The molecule has 1 aliphatic rings. The van der Waals surface area contributed by atoms with Crippen molar-refractivity contribution >= 4 is 5.82 Å². The number of hydrogen-bond acceptors (Lipinski definition) is 4. The first-order valence-electron chi connectivity index (χ1n) is 7.03. The second-order valence-corrected chi connectivity index (χ2v) is 5.58. The number of aromatic nitrogens is 1. The number of nitrogens with zero attached hydrogens (tertiary/aromatic N) is 3. The summed E-state index contributed by atoms with van der Waals surface area (Å²) in [6.45, 7) is 7.74. The molecule has 0 spiro atoms. The third-order valence-electron chi connectivity index (χ3n) is 3.53. The van der Waals surface area contributed by atoms with Gasteiger partial charge in [-0.1, -0.05) is 13.8 Å². The minimum atomic E-state index is 0.566. The Labute approximate surface area is 115 Å². The Balaban J connectivity index is 1.93. The van der Waals surface area contributed by atoms with Gasteiger partial charge in [0.1, 0.15) is 11.9 Å². The SMILES string of the molecule is CC(C)CN1CCC[C@@H]1CNc1ncccc1C#N. The number of nitriles is 1. The van der Waals surface area contributed by atoms with E-state index in [-0.39, 0.29) is 0 Å². The summed E-state index contributed by atoms with van der Waals surface area (Å²) < 4.78 is 0. The van der Waals surface area contributed by atoms with Gasteiger partial charge in [-0.2, -0.15) is 5.26 Å². The van der Waals surface area contributed by atoms with Gasteiger partial charge in [0, 0.05) is 25.3 Å². The highest BCUT2D eigenvalue weighted by molar-refractivity contribution is 5.51. The highest BCUT2D eigenvalue weighted by Gasteiger charge is 2.24. The first kappa shape index (κ1) is 13.8. The molecule has 4 heteroatoms. The zero-order valence-electron chi connectivity index (χ0n) is 11.8. The summed E-state index contributed by atoms with van der Waals surface area (Å²) >= 11 is 0. The average molecular weight is 258 g/mol. The predicted molar refractivity (Wildman–Crippen MR) is 76.9 cm³/mol. The van der Waals surface area contributed by atoms with Crippen molar-refractivity contribution in [2.45, 2.75) is 32.7 Å². The fourth-order valence-electron chi connectivity index (χ4n) is 2.69. The zero-order valence-corrected chi connectivity index (χ0v) is 11.8. The molecular weight excluding hydrogens is 236 g/mol. The predicted octanol–water partition coefficient (Wildman–Crippen LogP) is 2.49. The van der Waals surface area contributed by atoms with E-state index in [0.29, 0.717) is 23.3 Å². The fraction of sp³-hybridized carbons (Fsp3) is 0.600. The van der Waals surface area contributed by atoms with Crippen LogP contribution in [0.2, 0.25) is 0 Å². The molecule has 1 fully saturated rings. The van der Waals surface area contributed by atoms with Crippen molar-refractivity contribution in [1.29, 1.82) is 5.26 Å². The molecule has 4 nitrogen and oxygen atoms in total.